The van der Waals surface area contributed by atoms with Crippen molar-refractivity contribution in [3.05, 3.63) is 29.8 Å². The summed E-state index contributed by atoms with van der Waals surface area (Å²) >= 11 is 0. The Morgan fingerprint density at radius 2 is 1.86 bits per heavy atom. The summed E-state index contributed by atoms with van der Waals surface area (Å²) in [4.78, 5) is 24.7. The van der Waals surface area contributed by atoms with E-state index in [1.165, 1.54) is 18.7 Å². The van der Waals surface area contributed by atoms with E-state index < -0.39 is 17.5 Å². The van der Waals surface area contributed by atoms with Crippen LogP contribution in [-0.4, -0.2) is 41.2 Å². The van der Waals surface area contributed by atoms with Gasteiger partial charge in [0.25, 0.3) is 0 Å². The molecule has 0 aromatic heterocycles. The van der Waals surface area contributed by atoms with Crippen LogP contribution in [0.4, 0.5) is 4.79 Å². The van der Waals surface area contributed by atoms with Gasteiger partial charge in [-0.1, -0.05) is 12.1 Å². The second-order valence-corrected chi connectivity index (χ2v) is 5.12. The fraction of sp³-hybridized carbons (Fsp3) is 0.467. The maximum atomic E-state index is 12.1. The fourth-order valence-corrected chi connectivity index (χ4v) is 1.92. The molecule has 0 heterocycles. The number of rotatable bonds is 6. The van der Waals surface area contributed by atoms with Gasteiger partial charge in [0.05, 0.1) is 7.11 Å². The predicted octanol–water partition coefficient (Wildman–Crippen LogP) is 2.09. The summed E-state index contributed by atoms with van der Waals surface area (Å²) in [5, 5.41) is 11.9. The van der Waals surface area contributed by atoms with E-state index in [9.17, 15) is 14.7 Å². The van der Waals surface area contributed by atoms with Crippen molar-refractivity contribution in [3.8, 4) is 5.75 Å². The van der Waals surface area contributed by atoms with Crippen LogP contribution in [0.2, 0.25) is 0 Å². The summed E-state index contributed by atoms with van der Waals surface area (Å²) < 4.78 is 5.06. The molecule has 0 radical (unpaired) electrons. The Morgan fingerprint density at radius 1 is 1.29 bits per heavy atom. The van der Waals surface area contributed by atoms with Crippen LogP contribution in [0.5, 0.6) is 5.75 Å². The van der Waals surface area contributed by atoms with E-state index in [4.69, 9.17) is 4.74 Å². The lowest BCUT2D eigenvalue weighted by atomic mass is 10.0. The number of likely N-dealkylation sites (N-methyl/N-ethyl adjacent to an activating group) is 1. The molecule has 1 aromatic carbocycles. The molecule has 0 bridgehead atoms. The van der Waals surface area contributed by atoms with Gasteiger partial charge in [0.2, 0.25) is 0 Å². The number of nitrogens with zero attached hydrogens (tertiary/aromatic N) is 1. The molecule has 0 unspecified atom stereocenters. The maximum Gasteiger partial charge on any atom is 0.329 e. The summed E-state index contributed by atoms with van der Waals surface area (Å²) in [7, 11) is 1.59. The number of benzene rings is 1. The van der Waals surface area contributed by atoms with Gasteiger partial charge in [-0.05, 0) is 38.5 Å². The molecule has 21 heavy (non-hydrogen) atoms. The minimum atomic E-state index is -1.25. The molecule has 6 nitrogen and oxygen atoms in total. The van der Waals surface area contributed by atoms with Crippen LogP contribution >= 0.6 is 0 Å². The van der Waals surface area contributed by atoms with Crippen molar-refractivity contribution in [2.75, 3.05) is 13.7 Å². The van der Waals surface area contributed by atoms with Crippen molar-refractivity contribution >= 4 is 12.0 Å². The number of hydrogen-bond acceptors (Lipinski definition) is 3. The highest BCUT2D eigenvalue weighted by molar-refractivity contribution is 5.85. The lowest BCUT2D eigenvalue weighted by molar-refractivity contribution is -0.147. The van der Waals surface area contributed by atoms with Crippen LogP contribution in [-0.2, 0) is 11.3 Å². The van der Waals surface area contributed by atoms with Gasteiger partial charge in [-0.15, -0.1) is 0 Å². The monoisotopic (exact) mass is 294 g/mol. The molecule has 116 valence electrons. The van der Waals surface area contributed by atoms with Gasteiger partial charge in [-0.3, -0.25) is 0 Å². The number of carbonyl (C=O) groups is 2. The standard InChI is InChI=1S/C15H22N2O4/c1-5-17(15(2,3)13(18)19)14(20)16-10-11-6-8-12(21-4)9-7-11/h6-9H,5,10H2,1-4H3,(H,16,20)(H,18,19). The average molecular weight is 294 g/mol. The van der Waals surface area contributed by atoms with Gasteiger partial charge >= 0.3 is 12.0 Å². The number of hydrogen-bond donors (Lipinski definition) is 2. The van der Waals surface area contributed by atoms with Gasteiger partial charge in [0, 0.05) is 13.1 Å². The Kier molecular flexibility index (Phi) is 5.58. The smallest absolute Gasteiger partial charge is 0.329 e. The molecule has 0 aliphatic rings. The zero-order valence-electron chi connectivity index (χ0n) is 12.8. The normalized spacial score (nSPS) is 10.9. The second-order valence-electron chi connectivity index (χ2n) is 5.12. The largest absolute Gasteiger partial charge is 0.497 e. The number of carbonyl (C=O) groups excluding carboxylic acids is 1. The van der Waals surface area contributed by atoms with E-state index in [1.54, 1.807) is 26.2 Å². The fourth-order valence-electron chi connectivity index (χ4n) is 1.92. The van der Waals surface area contributed by atoms with E-state index in [2.05, 4.69) is 5.32 Å². The third-order valence-corrected chi connectivity index (χ3v) is 3.36. The summed E-state index contributed by atoms with van der Waals surface area (Å²) in [5.74, 6) is -0.295. The number of amides is 2. The first kappa shape index (κ1) is 16.8. The van der Waals surface area contributed by atoms with Crippen LogP contribution in [0.1, 0.15) is 26.3 Å². The SMILES string of the molecule is CCN(C(=O)NCc1ccc(OC)cc1)C(C)(C)C(=O)O. The van der Waals surface area contributed by atoms with E-state index in [0.29, 0.717) is 13.1 Å². The maximum absolute atomic E-state index is 12.1. The number of carboxylic acid groups (broad SMARTS) is 1. The Hall–Kier alpha value is -2.24. The van der Waals surface area contributed by atoms with Crippen molar-refractivity contribution < 1.29 is 19.4 Å². The van der Waals surface area contributed by atoms with Gasteiger partial charge in [0.1, 0.15) is 11.3 Å². The molecule has 2 N–H and O–H groups in total. The molecule has 6 heteroatoms. The Labute approximate surface area is 124 Å². The first-order chi connectivity index (χ1) is 9.82. The van der Waals surface area contributed by atoms with Crippen LogP contribution in [0.25, 0.3) is 0 Å². The zero-order chi connectivity index (χ0) is 16.0. The first-order valence-corrected chi connectivity index (χ1v) is 6.74. The Balaban J connectivity index is 2.68. The molecule has 0 saturated heterocycles. The molecule has 0 saturated carbocycles. The topological polar surface area (TPSA) is 78.9 Å². The quantitative estimate of drug-likeness (QED) is 0.842. The number of urea groups is 1. The molecule has 0 spiro atoms. The summed E-state index contributed by atoms with van der Waals surface area (Å²) in [6.07, 6.45) is 0. The van der Waals surface area contributed by atoms with Crippen LogP contribution in [0.3, 0.4) is 0 Å². The third-order valence-electron chi connectivity index (χ3n) is 3.36. The predicted molar refractivity (Wildman–Crippen MR) is 79.3 cm³/mol. The van der Waals surface area contributed by atoms with Gasteiger partial charge in [0.15, 0.2) is 0 Å². The van der Waals surface area contributed by atoms with Crippen molar-refractivity contribution in [2.24, 2.45) is 0 Å². The van der Waals surface area contributed by atoms with E-state index in [-0.39, 0.29) is 0 Å². The van der Waals surface area contributed by atoms with Crippen molar-refractivity contribution in [1.29, 1.82) is 0 Å². The molecule has 1 rings (SSSR count). The molecule has 0 aliphatic heterocycles. The van der Waals surface area contributed by atoms with E-state index in [1.807, 2.05) is 12.1 Å². The highest BCUT2D eigenvalue weighted by atomic mass is 16.5. The molecule has 1 aromatic rings. The first-order valence-electron chi connectivity index (χ1n) is 6.74. The number of ether oxygens (including phenoxy) is 1. The summed E-state index contributed by atoms with van der Waals surface area (Å²) in [6.45, 7) is 5.40. The van der Waals surface area contributed by atoms with Crippen molar-refractivity contribution in [1.82, 2.24) is 10.2 Å². The van der Waals surface area contributed by atoms with E-state index in [0.717, 1.165) is 11.3 Å². The summed E-state index contributed by atoms with van der Waals surface area (Å²) in [5.41, 5.74) is -0.341. The third kappa shape index (κ3) is 4.11. The zero-order valence-corrected chi connectivity index (χ0v) is 12.8. The Morgan fingerprint density at radius 3 is 2.29 bits per heavy atom. The summed E-state index contributed by atoms with van der Waals surface area (Å²) in [6, 6.07) is 6.90. The van der Waals surface area contributed by atoms with Crippen LogP contribution < -0.4 is 10.1 Å². The van der Waals surface area contributed by atoms with Crippen LogP contribution in [0, 0.1) is 0 Å². The van der Waals surface area contributed by atoms with Crippen molar-refractivity contribution in [2.45, 2.75) is 32.9 Å². The highest BCUT2D eigenvalue weighted by Crippen LogP contribution is 2.15. The molecule has 0 fully saturated rings. The van der Waals surface area contributed by atoms with Crippen LogP contribution in [0.15, 0.2) is 24.3 Å². The van der Waals surface area contributed by atoms with Gasteiger partial charge in [-0.2, -0.15) is 0 Å². The average Bonchev–Trinajstić information content (AvgIpc) is 2.46. The lowest BCUT2D eigenvalue weighted by Gasteiger charge is -2.34. The Bertz CT molecular complexity index is 497. The second kappa shape index (κ2) is 6.97. The molecular formula is C15H22N2O4. The molecule has 2 amide bonds. The number of methoxy groups -OCH3 is 1. The lowest BCUT2D eigenvalue weighted by Crippen LogP contribution is -2.55. The van der Waals surface area contributed by atoms with Gasteiger partial charge < -0.3 is 20.1 Å². The number of aliphatic carboxylic acids is 1. The highest BCUT2D eigenvalue weighted by Gasteiger charge is 2.36. The van der Waals surface area contributed by atoms with E-state index >= 15 is 0 Å². The number of nitrogens with one attached hydrogen (secondary N) is 1. The van der Waals surface area contributed by atoms with Crippen molar-refractivity contribution in [3.63, 3.8) is 0 Å². The molecular weight excluding hydrogens is 272 g/mol. The van der Waals surface area contributed by atoms with Gasteiger partial charge in [-0.25, -0.2) is 9.59 Å². The molecule has 0 atom stereocenters. The minimum Gasteiger partial charge on any atom is -0.497 e. The minimum absolute atomic E-state index is 0.313. The molecule has 0 aliphatic carbocycles. The number of carboxylic acids is 1.